The second-order valence-electron chi connectivity index (χ2n) is 5.88. The van der Waals surface area contributed by atoms with E-state index in [-0.39, 0.29) is 17.5 Å². The van der Waals surface area contributed by atoms with Gasteiger partial charge in [0.15, 0.2) is 9.84 Å². The van der Waals surface area contributed by atoms with Gasteiger partial charge in [0, 0.05) is 41.1 Å². The molecule has 1 aromatic heterocycles. The van der Waals surface area contributed by atoms with Crippen LogP contribution in [0.5, 0.6) is 5.75 Å². The topological polar surface area (TPSA) is 68.3 Å². The Morgan fingerprint density at radius 3 is 2.92 bits per heavy atom. The molecule has 0 radical (unpaired) electrons. The van der Waals surface area contributed by atoms with Crippen molar-refractivity contribution in [2.24, 2.45) is 0 Å². The summed E-state index contributed by atoms with van der Waals surface area (Å²) < 4.78 is 29.0. The van der Waals surface area contributed by atoms with Gasteiger partial charge in [0.25, 0.3) is 0 Å². The molecule has 128 valence electrons. The first kappa shape index (κ1) is 17.2. The molecule has 1 aliphatic rings. The van der Waals surface area contributed by atoms with E-state index in [1.165, 1.54) is 0 Å². The molecule has 1 atom stereocenters. The SMILES string of the molecule is O=S1(=O)CCC(NCc2cc(Cl)ccc2OCc2cccnc2)C1. The third kappa shape index (κ3) is 4.69. The third-order valence-electron chi connectivity index (χ3n) is 3.95. The molecule has 2 heterocycles. The van der Waals surface area contributed by atoms with Crippen molar-refractivity contribution in [1.29, 1.82) is 0 Å². The molecule has 7 heteroatoms. The van der Waals surface area contributed by atoms with E-state index < -0.39 is 9.84 Å². The Balaban J connectivity index is 1.64. The van der Waals surface area contributed by atoms with Gasteiger partial charge in [0.05, 0.1) is 11.5 Å². The highest BCUT2D eigenvalue weighted by Gasteiger charge is 2.27. The maximum absolute atomic E-state index is 11.5. The molecule has 0 aliphatic carbocycles. The van der Waals surface area contributed by atoms with Crippen LogP contribution in [-0.4, -0.2) is 30.9 Å². The summed E-state index contributed by atoms with van der Waals surface area (Å²) in [4.78, 5) is 4.07. The number of halogens is 1. The summed E-state index contributed by atoms with van der Waals surface area (Å²) in [6.45, 7) is 0.934. The van der Waals surface area contributed by atoms with E-state index in [9.17, 15) is 8.42 Å². The van der Waals surface area contributed by atoms with Crippen molar-refractivity contribution in [3.05, 3.63) is 58.9 Å². The normalized spacial score (nSPS) is 19.3. The number of benzene rings is 1. The van der Waals surface area contributed by atoms with Crippen LogP contribution in [0.2, 0.25) is 5.02 Å². The molecular formula is C17H19ClN2O3S. The largest absolute Gasteiger partial charge is 0.489 e. The number of pyridine rings is 1. The van der Waals surface area contributed by atoms with Crippen LogP contribution >= 0.6 is 11.6 Å². The molecule has 1 fully saturated rings. The number of nitrogens with one attached hydrogen (secondary N) is 1. The van der Waals surface area contributed by atoms with Gasteiger partial charge in [0.2, 0.25) is 0 Å². The standard InChI is InChI=1S/C17H19ClN2O3S/c18-15-3-4-17(23-11-13-2-1-6-19-9-13)14(8-15)10-20-16-5-7-24(21,22)12-16/h1-4,6,8-9,16,20H,5,7,10-12H2. The van der Waals surface area contributed by atoms with Gasteiger partial charge in [0.1, 0.15) is 12.4 Å². The van der Waals surface area contributed by atoms with Crippen molar-refractivity contribution >= 4 is 21.4 Å². The Labute approximate surface area is 146 Å². The minimum atomic E-state index is -2.89. The molecule has 5 nitrogen and oxygen atoms in total. The van der Waals surface area contributed by atoms with E-state index in [1.807, 2.05) is 24.3 Å². The number of ether oxygens (including phenoxy) is 1. The summed E-state index contributed by atoms with van der Waals surface area (Å²) in [5, 5.41) is 3.91. The van der Waals surface area contributed by atoms with Crippen LogP contribution in [0.1, 0.15) is 17.5 Å². The van der Waals surface area contributed by atoms with Crippen LogP contribution in [0, 0.1) is 0 Å². The average Bonchev–Trinajstić information content (AvgIpc) is 2.92. The Morgan fingerprint density at radius 1 is 1.33 bits per heavy atom. The fraction of sp³-hybridized carbons (Fsp3) is 0.353. The van der Waals surface area contributed by atoms with Crippen molar-refractivity contribution in [1.82, 2.24) is 10.3 Å². The van der Waals surface area contributed by atoms with Gasteiger partial charge in [-0.1, -0.05) is 17.7 Å². The molecule has 1 saturated heterocycles. The Hall–Kier alpha value is -1.63. The Morgan fingerprint density at radius 2 is 2.21 bits per heavy atom. The fourth-order valence-electron chi connectivity index (χ4n) is 2.68. The molecule has 24 heavy (non-hydrogen) atoms. The van der Waals surface area contributed by atoms with Gasteiger partial charge in [-0.3, -0.25) is 4.98 Å². The van der Waals surface area contributed by atoms with Crippen LogP contribution in [0.15, 0.2) is 42.7 Å². The lowest BCUT2D eigenvalue weighted by molar-refractivity contribution is 0.301. The summed E-state index contributed by atoms with van der Waals surface area (Å²) >= 11 is 6.09. The van der Waals surface area contributed by atoms with Gasteiger partial charge in [-0.2, -0.15) is 0 Å². The Bertz CT molecular complexity index is 797. The highest BCUT2D eigenvalue weighted by Crippen LogP contribution is 2.24. The quantitative estimate of drug-likeness (QED) is 0.851. The van der Waals surface area contributed by atoms with Crippen LogP contribution in [-0.2, 0) is 23.0 Å². The average molecular weight is 367 g/mol. The van der Waals surface area contributed by atoms with Crippen molar-refractivity contribution in [2.75, 3.05) is 11.5 Å². The van der Waals surface area contributed by atoms with E-state index in [0.29, 0.717) is 24.6 Å². The second-order valence-corrected chi connectivity index (χ2v) is 8.55. The first-order valence-corrected chi connectivity index (χ1v) is 9.96. The number of rotatable bonds is 6. The zero-order valence-electron chi connectivity index (χ0n) is 13.1. The van der Waals surface area contributed by atoms with Gasteiger partial charge >= 0.3 is 0 Å². The lowest BCUT2D eigenvalue weighted by atomic mass is 10.1. The third-order valence-corrected chi connectivity index (χ3v) is 5.96. The summed E-state index contributed by atoms with van der Waals surface area (Å²) in [6.07, 6.45) is 4.13. The lowest BCUT2D eigenvalue weighted by Crippen LogP contribution is -2.29. The van der Waals surface area contributed by atoms with Crippen molar-refractivity contribution < 1.29 is 13.2 Å². The van der Waals surface area contributed by atoms with E-state index in [4.69, 9.17) is 16.3 Å². The molecule has 0 saturated carbocycles. The molecule has 3 rings (SSSR count). The number of sulfone groups is 1. The van der Waals surface area contributed by atoms with Crippen molar-refractivity contribution in [3.63, 3.8) is 0 Å². The van der Waals surface area contributed by atoms with E-state index in [1.54, 1.807) is 18.5 Å². The van der Waals surface area contributed by atoms with Crippen molar-refractivity contribution in [3.8, 4) is 5.75 Å². The molecule has 0 amide bonds. The summed E-state index contributed by atoms with van der Waals surface area (Å²) in [5.41, 5.74) is 1.89. The van der Waals surface area contributed by atoms with Gasteiger partial charge in [-0.05, 0) is 30.7 Å². The maximum Gasteiger partial charge on any atom is 0.151 e. The molecule has 1 aromatic carbocycles. The predicted octanol–water partition coefficient (Wildman–Crippen LogP) is 2.59. The highest BCUT2D eigenvalue weighted by atomic mass is 35.5. The lowest BCUT2D eigenvalue weighted by Gasteiger charge is -2.15. The van der Waals surface area contributed by atoms with E-state index in [0.717, 1.165) is 16.9 Å². The fourth-order valence-corrected chi connectivity index (χ4v) is 4.58. The van der Waals surface area contributed by atoms with Crippen LogP contribution < -0.4 is 10.1 Å². The molecular weight excluding hydrogens is 348 g/mol. The highest BCUT2D eigenvalue weighted by molar-refractivity contribution is 7.91. The molecule has 1 aliphatic heterocycles. The first-order valence-electron chi connectivity index (χ1n) is 7.76. The zero-order chi connectivity index (χ0) is 17.0. The van der Waals surface area contributed by atoms with Gasteiger partial charge in [-0.25, -0.2) is 8.42 Å². The van der Waals surface area contributed by atoms with Crippen LogP contribution in [0.3, 0.4) is 0 Å². The molecule has 0 bridgehead atoms. The molecule has 0 spiro atoms. The number of hydrogen-bond donors (Lipinski definition) is 1. The second kappa shape index (κ2) is 7.51. The minimum absolute atomic E-state index is 0.0137. The van der Waals surface area contributed by atoms with Crippen molar-refractivity contribution in [2.45, 2.75) is 25.6 Å². The zero-order valence-corrected chi connectivity index (χ0v) is 14.7. The number of hydrogen-bond acceptors (Lipinski definition) is 5. The summed E-state index contributed by atoms with van der Waals surface area (Å²) in [5.74, 6) is 1.18. The molecule has 1 unspecified atom stereocenters. The van der Waals surface area contributed by atoms with Crippen LogP contribution in [0.4, 0.5) is 0 Å². The predicted molar refractivity (Wildman–Crippen MR) is 93.9 cm³/mol. The van der Waals surface area contributed by atoms with Crippen LogP contribution in [0.25, 0.3) is 0 Å². The number of nitrogens with zero attached hydrogens (tertiary/aromatic N) is 1. The summed E-state index contributed by atoms with van der Waals surface area (Å²) in [6, 6.07) is 9.26. The monoisotopic (exact) mass is 366 g/mol. The van der Waals surface area contributed by atoms with Gasteiger partial charge < -0.3 is 10.1 Å². The maximum atomic E-state index is 11.5. The smallest absolute Gasteiger partial charge is 0.151 e. The molecule has 1 N–H and O–H groups in total. The summed E-state index contributed by atoms with van der Waals surface area (Å²) in [7, 11) is -2.89. The minimum Gasteiger partial charge on any atom is -0.489 e. The molecule has 2 aromatic rings. The first-order chi connectivity index (χ1) is 11.5. The van der Waals surface area contributed by atoms with E-state index in [2.05, 4.69) is 10.3 Å². The Kier molecular flexibility index (Phi) is 5.38. The van der Waals surface area contributed by atoms with E-state index >= 15 is 0 Å². The number of aromatic nitrogens is 1. The van der Waals surface area contributed by atoms with Gasteiger partial charge in [-0.15, -0.1) is 0 Å².